The molecule has 5 heteroatoms. The molecule has 1 aliphatic rings. The Morgan fingerprint density at radius 3 is 2.47 bits per heavy atom. The highest BCUT2D eigenvalue weighted by molar-refractivity contribution is 6.16. The Morgan fingerprint density at radius 2 is 1.95 bits per heavy atom. The molecule has 2 rings (SSSR count). The minimum absolute atomic E-state index is 0.140. The van der Waals surface area contributed by atoms with Gasteiger partial charge in [0, 0.05) is 13.1 Å². The summed E-state index contributed by atoms with van der Waals surface area (Å²) < 4.78 is 0. The van der Waals surface area contributed by atoms with Gasteiger partial charge in [-0.3, -0.25) is 4.79 Å². The van der Waals surface area contributed by atoms with E-state index in [9.17, 15) is 9.59 Å². The van der Waals surface area contributed by atoms with Crippen LogP contribution in [-0.2, 0) is 11.3 Å². The summed E-state index contributed by atoms with van der Waals surface area (Å²) in [6, 6.07) is 6.80. The van der Waals surface area contributed by atoms with E-state index in [2.05, 4.69) is 5.32 Å². The van der Waals surface area contributed by atoms with E-state index in [4.69, 9.17) is 5.73 Å². The lowest BCUT2D eigenvalue weighted by molar-refractivity contribution is -0.123. The second kappa shape index (κ2) is 5.40. The van der Waals surface area contributed by atoms with Crippen LogP contribution in [0.15, 0.2) is 24.3 Å². The van der Waals surface area contributed by atoms with Crippen molar-refractivity contribution in [2.75, 3.05) is 11.4 Å². The van der Waals surface area contributed by atoms with Crippen LogP contribution in [0.5, 0.6) is 0 Å². The third kappa shape index (κ3) is 2.61. The summed E-state index contributed by atoms with van der Waals surface area (Å²) in [5.41, 5.74) is 7.09. The number of hydrogen-bond acceptors (Lipinski definition) is 3. The highest BCUT2D eigenvalue weighted by Gasteiger charge is 2.36. The monoisotopic (exact) mass is 261 g/mol. The zero-order chi connectivity index (χ0) is 14.0. The van der Waals surface area contributed by atoms with Gasteiger partial charge in [0.15, 0.2) is 0 Å². The average Bonchev–Trinajstić information content (AvgIpc) is 2.39. The first-order chi connectivity index (χ1) is 9.04. The molecule has 0 bridgehead atoms. The van der Waals surface area contributed by atoms with Crippen LogP contribution < -0.4 is 16.0 Å². The lowest BCUT2D eigenvalue weighted by Gasteiger charge is -2.33. The number of nitrogens with one attached hydrogen (secondary N) is 1. The van der Waals surface area contributed by atoms with Gasteiger partial charge in [-0.1, -0.05) is 26.0 Å². The summed E-state index contributed by atoms with van der Waals surface area (Å²) in [5.74, 6) is -0.120. The number of benzene rings is 1. The quantitative estimate of drug-likeness (QED) is 0.865. The predicted molar refractivity (Wildman–Crippen MR) is 73.5 cm³/mol. The van der Waals surface area contributed by atoms with Gasteiger partial charge in [-0.25, -0.2) is 9.69 Å². The number of anilines is 1. The van der Waals surface area contributed by atoms with Crippen LogP contribution in [-0.4, -0.2) is 18.5 Å². The maximum atomic E-state index is 12.4. The van der Waals surface area contributed by atoms with Crippen molar-refractivity contribution in [3.05, 3.63) is 29.8 Å². The maximum Gasteiger partial charge on any atom is 0.328 e. The van der Waals surface area contributed by atoms with Crippen molar-refractivity contribution in [1.29, 1.82) is 0 Å². The van der Waals surface area contributed by atoms with Crippen molar-refractivity contribution >= 4 is 17.6 Å². The molecule has 1 fully saturated rings. The third-order valence-electron chi connectivity index (χ3n) is 3.45. The van der Waals surface area contributed by atoms with E-state index in [-0.39, 0.29) is 23.8 Å². The van der Waals surface area contributed by atoms with Crippen LogP contribution in [0.2, 0.25) is 0 Å². The molecule has 0 spiro atoms. The van der Waals surface area contributed by atoms with Crippen LogP contribution in [0, 0.1) is 11.8 Å². The molecule has 0 aromatic heterocycles. The first kappa shape index (κ1) is 13.5. The van der Waals surface area contributed by atoms with Crippen molar-refractivity contribution in [2.24, 2.45) is 17.6 Å². The molecule has 1 aromatic rings. The summed E-state index contributed by atoms with van der Waals surface area (Å²) in [7, 11) is 0. The van der Waals surface area contributed by atoms with Crippen molar-refractivity contribution in [1.82, 2.24) is 5.32 Å². The second-order valence-corrected chi connectivity index (χ2v) is 5.08. The van der Waals surface area contributed by atoms with Crippen LogP contribution >= 0.6 is 0 Å². The molecule has 0 saturated carbocycles. The van der Waals surface area contributed by atoms with E-state index in [1.54, 1.807) is 12.1 Å². The molecule has 19 heavy (non-hydrogen) atoms. The van der Waals surface area contributed by atoms with E-state index >= 15 is 0 Å². The first-order valence-electron chi connectivity index (χ1n) is 6.45. The van der Waals surface area contributed by atoms with Gasteiger partial charge in [-0.2, -0.15) is 0 Å². The molecule has 1 unspecified atom stereocenters. The standard InChI is InChI=1S/C14H19N3O2/c1-9(2)12-8-16-14(19)17(13(12)18)11-5-3-10(7-15)4-6-11/h3-6,9,12H,7-8,15H2,1-2H3,(H,16,19). The number of amides is 3. The van der Waals surface area contributed by atoms with Gasteiger partial charge in [-0.15, -0.1) is 0 Å². The molecule has 1 saturated heterocycles. The van der Waals surface area contributed by atoms with E-state index in [0.29, 0.717) is 18.8 Å². The Labute approximate surface area is 112 Å². The van der Waals surface area contributed by atoms with Crippen molar-refractivity contribution in [2.45, 2.75) is 20.4 Å². The van der Waals surface area contributed by atoms with Crippen LogP contribution in [0.25, 0.3) is 0 Å². The normalized spacial score (nSPS) is 19.8. The van der Waals surface area contributed by atoms with Crippen LogP contribution in [0.3, 0.4) is 0 Å². The smallest absolute Gasteiger partial charge is 0.328 e. The highest BCUT2D eigenvalue weighted by Crippen LogP contribution is 2.24. The number of carbonyl (C=O) groups excluding carboxylic acids is 2. The number of nitrogens with two attached hydrogens (primary N) is 1. The van der Waals surface area contributed by atoms with Crippen LogP contribution in [0.4, 0.5) is 10.5 Å². The fourth-order valence-corrected chi connectivity index (χ4v) is 2.18. The van der Waals surface area contributed by atoms with Gasteiger partial charge >= 0.3 is 6.03 Å². The number of urea groups is 1. The average molecular weight is 261 g/mol. The fraction of sp³-hybridized carbons (Fsp3) is 0.429. The van der Waals surface area contributed by atoms with Gasteiger partial charge in [0.05, 0.1) is 11.6 Å². The molecule has 0 aliphatic carbocycles. The van der Waals surface area contributed by atoms with Gasteiger partial charge in [0.1, 0.15) is 0 Å². The Kier molecular flexibility index (Phi) is 3.85. The van der Waals surface area contributed by atoms with Gasteiger partial charge in [0.2, 0.25) is 5.91 Å². The Balaban J connectivity index is 2.29. The molecule has 0 radical (unpaired) electrons. The SMILES string of the molecule is CC(C)C1CNC(=O)N(c2ccc(CN)cc2)C1=O. The van der Waals surface area contributed by atoms with E-state index in [1.165, 1.54) is 4.90 Å². The Morgan fingerprint density at radius 1 is 1.32 bits per heavy atom. The van der Waals surface area contributed by atoms with Crippen LogP contribution in [0.1, 0.15) is 19.4 Å². The number of carbonyl (C=O) groups is 2. The maximum absolute atomic E-state index is 12.4. The topological polar surface area (TPSA) is 75.4 Å². The summed E-state index contributed by atoms with van der Waals surface area (Å²) >= 11 is 0. The van der Waals surface area contributed by atoms with Gasteiger partial charge < -0.3 is 11.1 Å². The molecule has 3 N–H and O–H groups in total. The number of nitrogens with zero attached hydrogens (tertiary/aromatic N) is 1. The molecular formula is C14H19N3O2. The summed E-state index contributed by atoms with van der Waals surface area (Å²) in [6.45, 7) is 4.81. The molecule has 3 amide bonds. The molecule has 1 heterocycles. The molecule has 1 aliphatic heterocycles. The zero-order valence-electron chi connectivity index (χ0n) is 11.2. The van der Waals surface area contributed by atoms with Gasteiger partial charge in [-0.05, 0) is 23.6 Å². The predicted octanol–water partition coefficient (Wildman–Crippen LogP) is 1.47. The summed E-state index contributed by atoms with van der Waals surface area (Å²) in [5, 5.41) is 2.76. The molecule has 1 aromatic carbocycles. The minimum atomic E-state index is -0.359. The van der Waals surface area contributed by atoms with Crippen molar-refractivity contribution in [3.8, 4) is 0 Å². The lowest BCUT2D eigenvalue weighted by Crippen LogP contribution is -2.56. The fourth-order valence-electron chi connectivity index (χ4n) is 2.18. The summed E-state index contributed by atoms with van der Waals surface area (Å²) in [4.78, 5) is 25.5. The second-order valence-electron chi connectivity index (χ2n) is 5.08. The molecule has 5 nitrogen and oxygen atoms in total. The van der Waals surface area contributed by atoms with E-state index in [1.807, 2.05) is 26.0 Å². The number of rotatable bonds is 3. The Hall–Kier alpha value is -1.88. The summed E-state index contributed by atoms with van der Waals surface area (Å²) in [6.07, 6.45) is 0. The van der Waals surface area contributed by atoms with Crippen molar-refractivity contribution in [3.63, 3.8) is 0 Å². The third-order valence-corrected chi connectivity index (χ3v) is 3.45. The van der Waals surface area contributed by atoms with Crippen molar-refractivity contribution < 1.29 is 9.59 Å². The largest absolute Gasteiger partial charge is 0.337 e. The van der Waals surface area contributed by atoms with Gasteiger partial charge in [0.25, 0.3) is 0 Å². The number of hydrogen-bond donors (Lipinski definition) is 2. The zero-order valence-corrected chi connectivity index (χ0v) is 11.2. The van der Waals surface area contributed by atoms with E-state index in [0.717, 1.165) is 5.56 Å². The first-order valence-corrected chi connectivity index (χ1v) is 6.45. The number of imide groups is 1. The van der Waals surface area contributed by atoms with E-state index < -0.39 is 0 Å². The molecule has 1 atom stereocenters. The molecule has 102 valence electrons. The minimum Gasteiger partial charge on any atom is -0.337 e. The highest BCUT2D eigenvalue weighted by atomic mass is 16.2. The lowest BCUT2D eigenvalue weighted by atomic mass is 9.92. The molecular weight excluding hydrogens is 242 g/mol. The Bertz CT molecular complexity index is 482.